The van der Waals surface area contributed by atoms with E-state index in [-0.39, 0.29) is 0 Å². The van der Waals surface area contributed by atoms with Crippen LogP contribution in [0.3, 0.4) is 0 Å². The Morgan fingerprint density at radius 3 is 2.30 bits per heavy atom. The van der Waals surface area contributed by atoms with Gasteiger partial charge < -0.3 is 0 Å². The van der Waals surface area contributed by atoms with E-state index in [9.17, 15) is 8.78 Å². The molecule has 0 spiro atoms. The highest BCUT2D eigenvalue weighted by atomic mass is 28.3. The van der Waals surface area contributed by atoms with Gasteiger partial charge in [-0.3, -0.25) is 0 Å². The van der Waals surface area contributed by atoms with Gasteiger partial charge in [0.05, 0.1) is 0 Å². The van der Waals surface area contributed by atoms with Crippen LogP contribution in [-0.2, 0) is 0 Å². The number of unbranched alkanes of at least 4 members (excludes halogenated alkanes) is 4. The standard InChI is InChI=1S/C20H30F2Si/c1-2-3-4-5-6-13-23-14-11-19(12-15-23)18-9-7-17(8-10-18)16-20(21)22/h7-10,16,19,23H,2-6,11-15H2,1H3. The molecule has 3 heteroatoms. The molecule has 23 heavy (non-hydrogen) atoms. The maximum absolute atomic E-state index is 12.3. The molecule has 0 saturated carbocycles. The molecular weight excluding hydrogens is 306 g/mol. The van der Waals surface area contributed by atoms with E-state index in [1.165, 1.54) is 68.6 Å². The molecule has 1 aliphatic heterocycles. The van der Waals surface area contributed by atoms with E-state index < -0.39 is 14.9 Å². The quantitative estimate of drug-likeness (QED) is 0.354. The summed E-state index contributed by atoms with van der Waals surface area (Å²) in [5.41, 5.74) is 1.95. The average Bonchev–Trinajstić information content (AvgIpc) is 2.55. The Morgan fingerprint density at radius 1 is 1.04 bits per heavy atom. The van der Waals surface area contributed by atoms with E-state index in [1.54, 1.807) is 0 Å². The Bertz CT molecular complexity index is 469. The molecule has 2 rings (SSSR count). The van der Waals surface area contributed by atoms with Crippen molar-refractivity contribution < 1.29 is 8.78 Å². The van der Waals surface area contributed by atoms with Crippen molar-refractivity contribution in [2.75, 3.05) is 0 Å². The van der Waals surface area contributed by atoms with Crippen molar-refractivity contribution in [3.63, 3.8) is 0 Å². The predicted octanol–water partition coefficient (Wildman–Crippen LogP) is 7.00. The van der Waals surface area contributed by atoms with Crippen molar-refractivity contribution in [1.29, 1.82) is 0 Å². The minimum atomic E-state index is -1.62. The van der Waals surface area contributed by atoms with Crippen LogP contribution in [0.1, 0.15) is 68.9 Å². The topological polar surface area (TPSA) is 0 Å². The first-order valence-electron chi connectivity index (χ1n) is 9.31. The summed E-state index contributed by atoms with van der Waals surface area (Å²) in [6.45, 7) is 2.27. The Morgan fingerprint density at radius 2 is 1.70 bits per heavy atom. The van der Waals surface area contributed by atoms with Crippen LogP contribution in [0.4, 0.5) is 8.78 Å². The van der Waals surface area contributed by atoms with Gasteiger partial charge in [0, 0.05) is 14.9 Å². The monoisotopic (exact) mass is 336 g/mol. The molecule has 0 nitrogen and oxygen atoms in total. The Kier molecular flexibility index (Phi) is 8.00. The van der Waals surface area contributed by atoms with Crippen LogP contribution >= 0.6 is 0 Å². The van der Waals surface area contributed by atoms with Gasteiger partial charge in [0.2, 0.25) is 0 Å². The number of halogens is 2. The minimum Gasteiger partial charge on any atom is -0.173 e. The fourth-order valence-corrected chi connectivity index (χ4v) is 7.29. The van der Waals surface area contributed by atoms with Gasteiger partial charge in [-0.25, -0.2) is 0 Å². The third kappa shape index (κ3) is 6.58. The molecule has 0 unspecified atom stereocenters. The lowest BCUT2D eigenvalue weighted by molar-refractivity contribution is 0.429. The van der Waals surface area contributed by atoms with Crippen molar-refractivity contribution in [2.45, 2.75) is 75.9 Å². The Labute approximate surface area is 141 Å². The molecule has 1 aromatic carbocycles. The van der Waals surface area contributed by atoms with E-state index in [1.807, 2.05) is 24.3 Å². The summed E-state index contributed by atoms with van der Waals surface area (Å²) in [7, 11) is -0.478. The smallest absolute Gasteiger partial charge is 0.173 e. The summed E-state index contributed by atoms with van der Waals surface area (Å²) in [6, 6.07) is 12.2. The highest BCUT2D eigenvalue weighted by molar-refractivity contribution is 6.59. The molecule has 0 aliphatic carbocycles. The van der Waals surface area contributed by atoms with Gasteiger partial charge in [0.25, 0.3) is 6.08 Å². The summed E-state index contributed by atoms with van der Waals surface area (Å²) in [4.78, 5) is 0. The van der Waals surface area contributed by atoms with Crippen molar-refractivity contribution >= 4 is 14.9 Å². The summed E-state index contributed by atoms with van der Waals surface area (Å²) < 4.78 is 24.5. The second-order valence-electron chi connectivity index (χ2n) is 7.02. The van der Waals surface area contributed by atoms with Crippen molar-refractivity contribution in [3.05, 3.63) is 41.5 Å². The lowest BCUT2D eigenvalue weighted by Gasteiger charge is -2.28. The molecule has 0 atom stereocenters. The third-order valence-corrected chi connectivity index (χ3v) is 8.77. The molecule has 1 saturated heterocycles. The first-order valence-corrected chi connectivity index (χ1v) is 11.8. The van der Waals surface area contributed by atoms with Crippen molar-refractivity contribution in [3.8, 4) is 0 Å². The van der Waals surface area contributed by atoms with Gasteiger partial charge >= 0.3 is 0 Å². The van der Waals surface area contributed by atoms with E-state index in [0.29, 0.717) is 11.5 Å². The third-order valence-electron chi connectivity index (χ3n) is 5.25. The van der Waals surface area contributed by atoms with Crippen molar-refractivity contribution in [2.24, 2.45) is 0 Å². The average molecular weight is 337 g/mol. The largest absolute Gasteiger partial charge is 0.270 e. The normalized spacial score (nSPS) is 21.2. The molecule has 1 aliphatic rings. The van der Waals surface area contributed by atoms with Crippen LogP contribution in [-0.4, -0.2) is 8.80 Å². The summed E-state index contributed by atoms with van der Waals surface area (Å²) in [6.07, 6.45) is 8.98. The summed E-state index contributed by atoms with van der Waals surface area (Å²) >= 11 is 0. The predicted molar refractivity (Wildman–Crippen MR) is 98.9 cm³/mol. The molecular formula is C20H30F2Si. The first kappa shape index (κ1) is 18.4. The molecule has 128 valence electrons. The van der Waals surface area contributed by atoms with Crippen LogP contribution in [0.15, 0.2) is 30.3 Å². The number of hydrogen-bond donors (Lipinski definition) is 0. The van der Waals surface area contributed by atoms with E-state index in [0.717, 1.165) is 6.08 Å². The lowest BCUT2D eigenvalue weighted by atomic mass is 9.93. The van der Waals surface area contributed by atoms with Gasteiger partial charge in [0.15, 0.2) is 0 Å². The highest BCUT2D eigenvalue weighted by Gasteiger charge is 2.22. The van der Waals surface area contributed by atoms with Crippen LogP contribution in [0.5, 0.6) is 0 Å². The maximum atomic E-state index is 12.3. The van der Waals surface area contributed by atoms with Gasteiger partial charge in [-0.2, -0.15) is 8.78 Å². The molecule has 1 heterocycles. The zero-order valence-corrected chi connectivity index (χ0v) is 15.5. The molecule has 0 aromatic heterocycles. The summed E-state index contributed by atoms with van der Waals surface area (Å²) in [5.74, 6) is 0.659. The van der Waals surface area contributed by atoms with Crippen molar-refractivity contribution in [1.82, 2.24) is 0 Å². The zero-order valence-electron chi connectivity index (χ0n) is 14.4. The van der Waals surface area contributed by atoms with Gasteiger partial charge in [0.1, 0.15) is 0 Å². The molecule has 0 N–H and O–H groups in total. The Balaban J connectivity index is 1.72. The number of hydrogen-bond acceptors (Lipinski definition) is 0. The van der Waals surface area contributed by atoms with Crippen LogP contribution < -0.4 is 0 Å². The fraction of sp³-hybridized carbons (Fsp3) is 0.600. The van der Waals surface area contributed by atoms with Crippen LogP contribution in [0.2, 0.25) is 18.1 Å². The first-order chi connectivity index (χ1) is 11.2. The number of rotatable bonds is 8. The molecule has 0 amide bonds. The highest BCUT2D eigenvalue weighted by Crippen LogP contribution is 2.35. The van der Waals surface area contributed by atoms with E-state index >= 15 is 0 Å². The Hall–Kier alpha value is -0.963. The van der Waals surface area contributed by atoms with Gasteiger partial charge in [-0.05, 0) is 29.9 Å². The molecule has 1 fully saturated rings. The maximum Gasteiger partial charge on any atom is 0.270 e. The van der Waals surface area contributed by atoms with Gasteiger partial charge in [-0.15, -0.1) is 0 Å². The van der Waals surface area contributed by atoms with E-state index in [2.05, 4.69) is 6.92 Å². The SMILES string of the molecule is CCCCCCC[SiH]1CCC(c2ccc(C=C(F)F)cc2)CC1. The zero-order chi connectivity index (χ0) is 16.5. The minimum absolute atomic E-state index is 0.478. The van der Waals surface area contributed by atoms with Crippen LogP contribution in [0, 0.1) is 0 Å². The van der Waals surface area contributed by atoms with Gasteiger partial charge in [-0.1, -0.05) is 81.4 Å². The second-order valence-corrected chi connectivity index (χ2v) is 10.5. The second kappa shape index (κ2) is 10.0. The summed E-state index contributed by atoms with van der Waals surface area (Å²) in [5, 5.41) is 0. The molecule has 0 bridgehead atoms. The van der Waals surface area contributed by atoms with Crippen LogP contribution in [0.25, 0.3) is 6.08 Å². The molecule has 0 radical (unpaired) electrons. The lowest BCUT2D eigenvalue weighted by Crippen LogP contribution is -2.20. The number of benzene rings is 1. The fourth-order valence-electron chi connectivity index (χ4n) is 3.81. The molecule has 1 aromatic rings. The van der Waals surface area contributed by atoms with E-state index in [4.69, 9.17) is 0 Å².